The summed E-state index contributed by atoms with van der Waals surface area (Å²) < 4.78 is 10.9. The van der Waals surface area contributed by atoms with Crippen LogP contribution in [0.3, 0.4) is 0 Å². The largest absolute Gasteiger partial charge is 0.490 e. The number of benzene rings is 2. The summed E-state index contributed by atoms with van der Waals surface area (Å²) in [5, 5.41) is 14.2. The number of aliphatic imine (C=N–C) groups is 1. The fourth-order valence-corrected chi connectivity index (χ4v) is 2.63. The van der Waals surface area contributed by atoms with Gasteiger partial charge in [0.25, 0.3) is 5.69 Å². The molecule has 0 spiro atoms. The van der Waals surface area contributed by atoms with Crippen LogP contribution in [0, 0.1) is 10.1 Å². The maximum absolute atomic E-state index is 11.0. The molecule has 0 aromatic heterocycles. The lowest BCUT2D eigenvalue weighted by Crippen LogP contribution is -2.20. The molecule has 0 aliphatic carbocycles. The second-order valence-electron chi connectivity index (χ2n) is 5.52. The first kappa shape index (κ1) is 16.9. The van der Waals surface area contributed by atoms with E-state index in [0.29, 0.717) is 19.0 Å². The summed E-state index contributed by atoms with van der Waals surface area (Å²) >= 11 is 0. The van der Waals surface area contributed by atoms with Crippen LogP contribution in [0.5, 0.6) is 5.75 Å². The van der Waals surface area contributed by atoms with E-state index in [1.807, 2.05) is 24.3 Å². The number of hydrogen-bond acceptors (Lipinski definition) is 6. The molecule has 7 heteroatoms. The summed E-state index contributed by atoms with van der Waals surface area (Å²) in [6, 6.07) is 12.3. The molecule has 2 aromatic rings. The number of nitro benzene ring substituents is 1. The molecule has 1 N–H and O–H groups in total. The number of ether oxygens (including phenoxy) is 2. The minimum atomic E-state index is -0.398. The summed E-state index contributed by atoms with van der Waals surface area (Å²) in [7, 11) is 1.62. The van der Waals surface area contributed by atoms with Gasteiger partial charge in [0, 0.05) is 25.8 Å². The average molecular weight is 341 g/mol. The van der Waals surface area contributed by atoms with E-state index in [-0.39, 0.29) is 5.69 Å². The van der Waals surface area contributed by atoms with E-state index in [0.717, 1.165) is 35.6 Å². The lowest BCUT2D eigenvalue weighted by atomic mass is 10.0. The molecule has 0 atom stereocenters. The molecule has 7 nitrogen and oxygen atoms in total. The zero-order chi connectivity index (χ0) is 17.6. The van der Waals surface area contributed by atoms with Crippen LogP contribution in [0.25, 0.3) is 11.1 Å². The third-order valence-electron chi connectivity index (χ3n) is 3.85. The van der Waals surface area contributed by atoms with Gasteiger partial charge in [0.2, 0.25) is 0 Å². The Morgan fingerprint density at radius 2 is 2.04 bits per heavy atom. The molecule has 0 amide bonds. The van der Waals surface area contributed by atoms with Crippen molar-refractivity contribution < 1.29 is 14.4 Å². The molecule has 0 saturated heterocycles. The number of rotatable bonds is 7. The average Bonchev–Trinajstić information content (AvgIpc) is 3.16. The normalized spacial score (nSPS) is 13.2. The maximum Gasteiger partial charge on any atom is 0.270 e. The van der Waals surface area contributed by atoms with Crippen molar-refractivity contribution in [3.05, 3.63) is 58.1 Å². The number of amidine groups is 1. The topological polar surface area (TPSA) is 86.0 Å². The Kier molecular flexibility index (Phi) is 5.25. The first-order valence-corrected chi connectivity index (χ1v) is 7.98. The van der Waals surface area contributed by atoms with E-state index < -0.39 is 4.92 Å². The maximum atomic E-state index is 11.0. The van der Waals surface area contributed by atoms with E-state index in [4.69, 9.17) is 9.47 Å². The van der Waals surface area contributed by atoms with Crippen molar-refractivity contribution in [1.29, 1.82) is 0 Å². The van der Waals surface area contributed by atoms with Crippen LogP contribution in [-0.2, 0) is 4.74 Å². The van der Waals surface area contributed by atoms with Gasteiger partial charge in [-0.25, -0.2) is 0 Å². The summed E-state index contributed by atoms with van der Waals surface area (Å²) in [6.45, 7) is 2.43. The third-order valence-corrected chi connectivity index (χ3v) is 3.85. The first-order chi connectivity index (χ1) is 12.2. The summed E-state index contributed by atoms with van der Waals surface area (Å²) in [4.78, 5) is 15.0. The molecule has 0 radical (unpaired) electrons. The molecule has 3 rings (SSSR count). The van der Waals surface area contributed by atoms with Gasteiger partial charge in [-0.15, -0.1) is 0 Å². The van der Waals surface area contributed by atoms with Crippen LogP contribution in [0.2, 0.25) is 0 Å². The molecule has 1 heterocycles. The number of nitrogens with one attached hydrogen (secondary N) is 1. The molecule has 2 aromatic carbocycles. The zero-order valence-electron chi connectivity index (χ0n) is 13.9. The van der Waals surface area contributed by atoms with Crippen molar-refractivity contribution in [3.8, 4) is 16.9 Å². The number of nitro groups is 1. The minimum absolute atomic E-state index is 0.0604. The van der Waals surface area contributed by atoms with Crippen LogP contribution in [0.4, 0.5) is 5.69 Å². The van der Waals surface area contributed by atoms with Crippen molar-refractivity contribution in [3.63, 3.8) is 0 Å². The third kappa shape index (κ3) is 3.95. The number of hydrogen-bond donors (Lipinski definition) is 1. The van der Waals surface area contributed by atoms with Crippen LogP contribution in [-0.4, -0.2) is 44.2 Å². The Labute approximate surface area is 145 Å². The lowest BCUT2D eigenvalue weighted by Gasteiger charge is -2.14. The number of nitrogens with zero attached hydrogens (tertiary/aromatic N) is 2. The highest BCUT2D eigenvalue weighted by molar-refractivity contribution is 6.02. The SMILES string of the molecule is COCCOc1cc(-c2cccc([N+](=O)[O-])c2)ccc1C1=NCCN1. The van der Waals surface area contributed by atoms with Gasteiger partial charge in [-0.1, -0.05) is 18.2 Å². The van der Waals surface area contributed by atoms with E-state index in [2.05, 4.69) is 10.3 Å². The van der Waals surface area contributed by atoms with Crippen LogP contribution < -0.4 is 10.1 Å². The predicted molar refractivity (Wildman–Crippen MR) is 95.3 cm³/mol. The Morgan fingerprint density at radius 1 is 1.20 bits per heavy atom. The zero-order valence-corrected chi connectivity index (χ0v) is 13.9. The summed E-state index contributed by atoms with van der Waals surface area (Å²) in [5.74, 6) is 1.48. The molecule has 130 valence electrons. The molecular formula is C18H19N3O4. The second kappa shape index (κ2) is 7.76. The van der Waals surface area contributed by atoms with Gasteiger partial charge in [0.05, 0.1) is 23.6 Å². The van der Waals surface area contributed by atoms with E-state index >= 15 is 0 Å². The van der Waals surface area contributed by atoms with Crippen molar-refractivity contribution in [1.82, 2.24) is 5.32 Å². The molecule has 0 saturated carbocycles. The molecule has 0 unspecified atom stereocenters. The molecule has 1 aliphatic rings. The van der Waals surface area contributed by atoms with E-state index in [1.165, 1.54) is 6.07 Å². The van der Waals surface area contributed by atoms with Crippen molar-refractivity contribution in [2.24, 2.45) is 4.99 Å². The molecule has 25 heavy (non-hydrogen) atoms. The highest BCUT2D eigenvalue weighted by Crippen LogP contribution is 2.30. The van der Waals surface area contributed by atoms with Gasteiger partial charge in [0.1, 0.15) is 18.2 Å². The molecule has 0 fully saturated rings. The van der Waals surface area contributed by atoms with Gasteiger partial charge in [-0.05, 0) is 23.3 Å². The van der Waals surface area contributed by atoms with Gasteiger partial charge in [-0.2, -0.15) is 0 Å². The second-order valence-corrected chi connectivity index (χ2v) is 5.52. The highest BCUT2D eigenvalue weighted by Gasteiger charge is 2.16. The monoisotopic (exact) mass is 341 g/mol. The summed E-state index contributed by atoms with van der Waals surface area (Å²) in [5.41, 5.74) is 2.55. The molecular weight excluding hydrogens is 322 g/mol. The van der Waals surface area contributed by atoms with Crippen molar-refractivity contribution >= 4 is 11.5 Å². The number of methoxy groups -OCH3 is 1. The van der Waals surface area contributed by atoms with Crippen molar-refractivity contribution in [2.45, 2.75) is 0 Å². The summed E-state index contributed by atoms with van der Waals surface area (Å²) in [6.07, 6.45) is 0. The number of non-ortho nitro benzene ring substituents is 1. The Balaban J connectivity index is 1.96. The van der Waals surface area contributed by atoms with Crippen LogP contribution in [0.15, 0.2) is 47.5 Å². The quantitative estimate of drug-likeness (QED) is 0.475. The van der Waals surface area contributed by atoms with Crippen LogP contribution in [0.1, 0.15) is 5.56 Å². The smallest absolute Gasteiger partial charge is 0.270 e. The van der Waals surface area contributed by atoms with Gasteiger partial charge in [-0.3, -0.25) is 15.1 Å². The molecule has 0 bridgehead atoms. The predicted octanol–water partition coefficient (Wildman–Crippen LogP) is 2.64. The van der Waals surface area contributed by atoms with Crippen LogP contribution >= 0.6 is 0 Å². The van der Waals surface area contributed by atoms with E-state index in [9.17, 15) is 10.1 Å². The Hall–Kier alpha value is -2.93. The Bertz CT molecular complexity index is 805. The first-order valence-electron chi connectivity index (χ1n) is 7.98. The van der Waals surface area contributed by atoms with E-state index in [1.54, 1.807) is 19.2 Å². The Morgan fingerprint density at radius 3 is 2.76 bits per heavy atom. The fraction of sp³-hybridized carbons (Fsp3) is 0.278. The van der Waals surface area contributed by atoms with Gasteiger partial charge in [0.15, 0.2) is 0 Å². The lowest BCUT2D eigenvalue weighted by molar-refractivity contribution is -0.384. The minimum Gasteiger partial charge on any atom is -0.490 e. The van der Waals surface area contributed by atoms with Gasteiger partial charge < -0.3 is 14.8 Å². The van der Waals surface area contributed by atoms with Gasteiger partial charge >= 0.3 is 0 Å². The fourth-order valence-electron chi connectivity index (χ4n) is 2.63. The highest BCUT2D eigenvalue weighted by atomic mass is 16.6. The molecule has 1 aliphatic heterocycles. The standard InChI is InChI=1S/C18H19N3O4/c1-24-9-10-25-17-12-14(5-6-16(17)18-19-7-8-20-18)13-3-2-4-15(11-13)21(22)23/h2-6,11-12H,7-10H2,1H3,(H,19,20). The van der Waals surface area contributed by atoms with Crippen molar-refractivity contribution in [2.75, 3.05) is 33.4 Å².